The fraction of sp³-hybridized carbons (Fsp3) is 0.200. The van der Waals surface area contributed by atoms with Crippen LogP contribution in [0.4, 0.5) is 13.2 Å². The lowest BCUT2D eigenvalue weighted by atomic mass is 10.1. The molecule has 0 aliphatic heterocycles. The lowest BCUT2D eigenvalue weighted by Gasteiger charge is -2.07. The van der Waals surface area contributed by atoms with Crippen LogP contribution in [0.25, 0.3) is 6.08 Å². The second-order valence-corrected chi connectivity index (χ2v) is 3.28. The SMILES string of the molecule is NCC=Cc1ccc(C(F)(F)F)cc1Cl. The molecule has 0 aliphatic carbocycles. The zero-order chi connectivity index (χ0) is 11.5. The van der Waals surface area contributed by atoms with E-state index in [0.717, 1.165) is 12.1 Å². The molecular formula is C10H9ClF3N. The van der Waals surface area contributed by atoms with Crippen LogP contribution in [0.3, 0.4) is 0 Å². The predicted octanol–water partition coefficient (Wildman–Crippen LogP) is 3.33. The van der Waals surface area contributed by atoms with Gasteiger partial charge in [0, 0.05) is 11.6 Å². The van der Waals surface area contributed by atoms with E-state index in [4.69, 9.17) is 17.3 Å². The summed E-state index contributed by atoms with van der Waals surface area (Å²) >= 11 is 5.68. The van der Waals surface area contributed by atoms with Gasteiger partial charge in [-0.3, -0.25) is 0 Å². The molecule has 0 aromatic heterocycles. The van der Waals surface area contributed by atoms with Crippen molar-refractivity contribution in [2.24, 2.45) is 5.73 Å². The van der Waals surface area contributed by atoms with Crippen LogP contribution in [0.1, 0.15) is 11.1 Å². The fourth-order valence-corrected chi connectivity index (χ4v) is 1.28. The van der Waals surface area contributed by atoms with Crippen molar-refractivity contribution in [2.75, 3.05) is 6.54 Å². The molecular weight excluding hydrogens is 227 g/mol. The molecule has 0 atom stereocenters. The highest BCUT2D eigenvalue weighted by atomic mass is 35.5. The molecule has 2 N–H and O–H groups in total. The summed E-state index contributed by atoms with van der Waals surface area (Å²) in [5, 5.41) is 0.0644. The Morgan fingerprint density at radius 1 is 1.33 bits per heavy atom. The quantitative estimate of drug-likeness (QED) is 0.836. The molecule has 0 saturated heterocycles. The lowest BCUT2D eigenvalue weighted by Crippen LogP contribution is -2.04. The summed E-state index contributed by atoms with van der Waals surface area (Å²) in [5.74, 6) is 0. The molecule has 1 aromatic rings. The largest absolute Gasteiger partial charge is 0.416 e. The first-order valence-corrected chi connectivity index (χ1v) is 4.56. The monoisotopic (exact) mass is 235 g/mol. The van der Waals surface area contributed by atoms with Crippen LogP contribution >= 0.6 is 11.6 Å². The third kappa shape index (κ3) is 3.25. The van der Waals surface area contributed by atoms with E-state index in [0.29, 0.717) is 12.1 Å². The maximum Gasteiger partial charge on any atom is 0.416 e. The highest BCUT2D eigenvalue weighted by Crippen LogP contribution is 2.32. The molecule has 1 rings (SSSR count). The van der Waals surface area contributed by atoms with E-state index in [1.165, 1.54) is 6.07 Å². The van der Waals surface area contributed by atoms with Crippen molar-refractivity contribution >= 4 is 17.7 Å². The van der Waals surface area contributed by atoms with E-state index in [1.54, 1.807) is 12.2 Å². The van der Waals surface area contributed by atoms with Gasteiger partial charge in [-0.05, 0) is 17.7 Å². The molecule has 0 fully saturated rings. The number of alkyl halides is 3. The van der Waals surface area contributed by atoms with Crippen molar-refractivity contribution in [1.29, 1.82) is 0 Å². The summed E-state index contributed by atoms with van der Waals surface area (Å²) in [5.41, 5.74) is 4.99. The van der Waals surface area contributed by atoms with Gasteiger partial charge in [-0.15, -0.1) is 0 Å². The van der Waals surface area contributed by atoms with Gasteiger partial charge in [-0.1, -0.05) is 29.8 Å². The number of halogens is 4. The Morgan fingerprint density at radius 2 is 2.00 bits per heavy atom. The summed E-state index contributed by atoms with van der Waals surface area (Å²) in [6, 6.07) is 3.21. The Balaban J connectivity index is 3.04. The molecule has 0 saturated carbocycles. The van der Waals surface area contributed by atoms with E-state index < -0.39 is 11.7 Å². The summed E-state index contributed by atoms with van der Waals surface area (Å²) in [6.07, 6.45) is -1.16. The Bertz CT molecular complexity index is 371. The average Bonchev–Trinajstić information content (AvgIpc) is 2.14. The topological polar surface area (TPSA) is 26.0 Å². The van der Waals surface area contributed by atoms with Gasteiger partial charge in [0.2, 0.25) is 0 Å². The van der Waals surface area contributed by atoms with Crippen LogP contribution in [0, 0.1) is 0 Å². The maximum absolute atomic E-state index is 12.3. The Kier molecular flexibility index (Phi) is 3.77. The summed E-state index contributed by atoms with van der Waals surface area (Å²) < 4.78 is 36.8. The van der Waals surface area contributed by atoms with Crippen LogP contribution < -0.4 is 5.73 Å². The molecule has 0 heterocycles. The van der Waals surface area contributed by atoms with Crippen LogP contribution in [0.5, 0.6) is 0 Å². The zero-order valence-electron chi connectivity index (χ0n) is 7.68. The maximum atomic E-state index is 12.3. The fourth-order valence-electron chi connectivity index (χ4n) is 1.03. The minimum absolute atomic E-state index is 0.0644. The average molecular weight is 236 g/mol. The molecule has 1 aromatic carbocycles. The summed E-state index contributed by atoms with van der Waals surface area (Å²) in [4.78, 5) is 0. The Morgan fingerprint density at radius 3 is 2.47 bits per heavy atom. The second kappa shape index (κ2) is 4.68. The van der Waals surface area contributed by atoms with Gasteiger partial charge in [0.05, 0.1) is 5.56 Å². The Labute approximate surface area is 90.3 Å². The molecule has 0 unspecified atom stereocenters. The van der Waals surface area contributed by atoms with Gasteiger partial charge >= 0.3 is 6.18 Å². The van der Waals surface area contributed by atoms with E-state index in [-0.39, 0.29) is 5.02 Å². The van der Waals surface area contributed by atoms with Crippen molar-refractivity contribution < 1.29 is 13.2 Å². The number of nitrogens with two attached hydrogens (primary N) is 1. The molecule has 0 radical (unpaired) electrons. The normalized spacial score (nSPS) is 12.3. The second-order valence-electron chi connectivity index (χ2n) is 2.87. The number of hydrogen-bond acceptors (Lipinski definition) is 1. The highest BCUT2D eigenvalue weighted by Gasteiger charge is 2.30. The first kappa shape index (κ1) is 12.1. The zero-order valence-corrected chi connectivity index (χ0v) is 8.44. The minimum Gasteiger partial charge on any atom is -0.327 e. The first-order chi connectivity index (χ1) is 6.95. The van der Waals surface area contributed by atoms with E-state index in [1.807, 2.05) is 0 Å². The van der Waals surface area contributed by atoms with Gasteiger partial charge in [-0.2, -0.15) is 13.2 Å². The highest BCUT2D eigenvalue weighted by molar-refractivity contribution is 6.32. The molecule has 0 spiro atoms. The van der Waals surface area contributed by atoms with Crippen molar-refractivity contribution in [3.63, 3.8) is 0 Å². The van der Waals surface area contributed by atoms with Gasteiger partial charge < -0.3 is 5.73 Å². The van der Waals surface area contributed by atoms with E-state index in [9.17, 15) is 13.2 Å². The number of benzene rings is 1. The smallest absolute Gasteiger partial charge is 0.327 e. The van der Waals surface area contributed by atoms with Gasteiger partial charge in [-0.25, -0.2) is 0 Å². The standard InChI is InChI=1S/C10H9ClF3N/c11-9-6-8(10(12,13)14)4-3-7(9)2-1-5-15/h1-4,6H,5,15H2. The summed E-state index contributed by atoms with van der Waals surface area (Å²) in [6.45, 7) is 0.317. The van der Waals surface area contributed by atoms with Gasteiger partial charge in [0.15, 0.2) is 0 Å². The number of rotatable bonds is 2. The summed E-state index contributed by atoms with van der Waals surface area (Å²) in [7, 11) is 0. The number of hydrogen-bond donors (Lipinski definition) is 1. The van der Waals surface area contributed by atoms with Crippen LogP contribution in [-0.2, 0) is 6.18 Å². The van der Waals surface area contributed by atoms with Crippen molar-refractivity contribution in [3.8, 4) is 0 Å². The van der Waals surface area contributed by atoms with Crippen molar-refractivity contribution in [3.05, 3.63) is 40.4 Å². The van der Waals surface area contributed by atoms with Gasteiger partial charge in [0.1, 0.15) is 0 Å². The minimum atomic E-state index is -4.36. The van der Waals surface area contributed by atoms with Gasteiger partial charge in [0.25, 0.3) is 0 Å². The third-order valence-corrected chi connectivity index (χ3v) is 2.09. The third-order valence-electron chi connectivity index (χ3n) is 1.76. The molecule has 0 amide bonds. The van der Waals surface area contributed by atoms with Crippen LogP contribution in [0.2, 0.25) is 5.02 Å². The van der Waals surface area contributed by atoms with Crippen molar-refractivity contribution in [2.45, 2.75) is 6.18 Å². The van der Waals surface area contributed by atoms with Crippen LogP contribution in [0.15, 0.2) is 24.3 Å². The first-order valence-electron chi connectivity index (χ1n) is 4.18. The molecule has 0 aliphatic rings. The lowest BCUT2D eigenvalue weighted by molar-refractivity contribution is -0.137. The predicted molar refractivity (Wildman–Crippen MR) is 54.5 cm³/mol. The Hall–Kier alpha value is -1.00. The molecule has 1 nitrogen and oxygen atoms in total. The van der Waals surface area contributed by atoms with E-state index in [2.05, 4.69) is 0 Å². The molecule has 5 heteroatoms. The van der Waals surface area contributed by atoms with Crippen molar-refractivity contribution in [1.82, 2.24) is 0 Å². The van der Waals surface area contributed by atoms with E-state index >= 15 is 0 Å². The van der Waals surface area contributed by atoms with Crippen LogP contribution in [-0.4, -0.2) is 6.54 Å². The molecule has 82 valence electrons. The molecule has 0 bridgehead atoms. The molecule has 15 heavy (non-hydrogen) atoms.